The summed E-state index contributed by atoms with van der Waals surface area (Å²) in [6, 6.07) is 6.07. The summed E-state index contributed by atoms with van der Waals surface area (Å²) in [4.78, 5) is 14.6. The molecule has 3 aromatic heterocycles. The number of rotatable bonds is 4. The fourth-order valence-corrected chi connectivity index (χ4v) is 3.20. The molecule has 0 radical (unpaired) electrons. The number of nitrogens with two attached hydrogens (primary N) is 1. The van der Waals surface area contributed by atoms with E-state index in [1.54, 1.807) is 6.20 Å². The summed E-state index contributed by atoms with van der Waals surface area (Å²) in [6.07, 6.45) is 8.45. The van der Waals surface area contributed by atoms with Gasteiger partial charge in [0, 0.05) is 37.1 Å². The first kappa shape index (κ1) is 16.3. The van der Waals surface area contributed by atoms with Gasteiger partial charge in [0.1, 0.15) is 17.0 Å². The Hall–Kier alpha value is -3.19. The van der Waals surface area contributed by atoms with Crippen LogP contribution in [0, 0.1) is 5.41 Å². The van der Waals surface area contributed by atoms with Gasteiger partial charge in [-0.15, -0.1) is 0 Å². The molecule has 0 bridgehead atoms. The lowest BCUT2D eigenvalue weighted by Gasteiger charge is -2.28. The van der Waals surface area contributed by atoms with Crippen molar-refractivity contribution in [2.75, 3.05) is 31.2 Å². The summed E-state index contributed by atoms with van der Waals surface area (Å²) < 4.78 is 5.46. The number of ether oxygens (including phenoxy) is 1. The molecule has 4 N–H and O–H groups in total. The van der Waals surface area contributed by atoms with Gasteiger partial charge >= 0.3 is 0 Å². The van der Waals surface area contributed by atoms with Crippen molar-refractivity contribution in [2.45, 2.75) is 0 Å². The number of aromatic nitrogens is 3. The second-order valence-electron chi connectivity index (χ2n) is 6.06. The second-order valence-corrected chi connectivity index (χ2v) is 6.06. The van der Waals surface area contributed by atoms with Gasteiger partial charge in [0.15, 0.2) is 0 Å². The van der Waals surface area contributed by atoms with E-state index < -0.39 is 0 Å². The molecule has 1 aliphatic heterocycles. The fraction of sp³-hybridized carbons (Fsp3) is 0.211. The fourth-order valence-electron chi connectivity index (χ4n) is 3.20. The van der Waals surface area contributed by atoms with Crippen molar-refractivity contribution >= 4 is 22.4 Å². The summed E-state index contributed by atoms with van der Waals surface area (Å²) in [7, 11) is 0. The van der Waals surface area contributed by atoms with Crippen LogP contribution in [-0.2, 0) is 4.74 Å². The number of morpholine rings is 1. The second kappa shape index (κ2) is 6.97. The van der Waals surface area contributed by atoms with Crippen molar-refractivity contribution in [1.29, 1.82) is 5.41 Å². The van der Waals surface area contributed by atoms with Crippen LogP contribution in [0.5, 0.6) is 0 Å². The quantitative estimate of drug-likeness (QED) is 0.628. The first-order chi connectivity index (χ1) is 12.8. The van der Waals surface area contributed by atoms with E-state index in [0.29, 0.717) is 24.4 Å². The third-order valence-corrected chi connectivity index (χ3v) is 4.48. The van der Waals surface area contributed by atoms with Gasteiger partial charge in [0.05, 0.1) is 18.9 Å². The Bertz CT molecular complexity index is 958. The molecule has 3 aromatic rings. The van der Waals surface area contributed by atoms with Gasteiger partial charge in [-0.05, 0) is 41.6 Å². The number of pyridine rings is 2. The van der Waals surface area contributed by atoms with E-state index in [1.165, 1.54) is 12.3 Å². The molecular weight excluding hydrogens is 328 g/mol. The Morgan fingerprint density at radius 3 is 2.88 bits per heavy atom. The summed E-state index contributed by atoms with van der Waals surface area (Å²) in [6.45, 7) is 2.96. The Labute approximate surface area is 151 Å². The number of fused-ring (bicyclic) bond motifs is 1. The molecule has 26 heavy (non-hydrogen) atoms. The molecule has 0 unspecified atom stereocenters. The number of aromatic amines is 1. The molecule has 4 heterocycles. The van der Waals surface area contributed by atoms with Crippen LogP contribution < -0.4 is 10.6 Å². The van der Waals surface area contributed by atoms with E-state index in [2.05, 4.69) is 20.9 Å². The highest BCUT2D eigenvalue weighted by atomic mass is 16.5. The Morgan fingerprint density at radius 2 is 2.15 bits per heavy atom. The zero-order valence-corrected chi connectivity index (χ0v) is 14.3. The maximum Gasteiger partial charge on any atom is 0.130 e. The minimum Gasteiger partial charge on any atom is -0.405 e. The van der Waals surface area contributed by atoms with E-state index in [0.717, 1.165) is 35.4 Å². The van der Waals surface area contributed by atoms with Crippen molar-refractivity contribution in [3.63, 3.8) is 0 Å². The van der Waals surface area contributed by atoms with Gasteiger partial charge in [0.2, 0.25) is 0 Å². The molecule has 0 atom stereocenters. The molecule has 0 aromatic carbocycles. The number of hydrogen-bond donors (Lipinski definition) is 3. The smallest absolute Gasteiger partial charge is 0.130 e. The summed E-state index contributed by atoms with van der Waals surface area (Å²) in [5, 5.41) is 9.22. The zero-order chi connectivity index (χ0) is 17.9. The van der Waals surface area contributed by atoms with E-state index in [4.69, 9.17) is 20.9 Å². The zero-order valence-electron chi connectivity index (χ0n) is 14.3. The summed E-state index contributed by atoms with van der Waals surface area (Å²) >= 11 is 0. The number of hydrogen-bond acceptors (Lipinski definition) is 6. The predicted molar refractivity (Wildman–Crippen MR) is 103 cm³/mol. The van der Waals surface area contributed by atoms with Crippen molar-refractivity contribution < 1.29 is 4.74 Å². The number of nitrogens with zero attached hydrogens (tertiary/aromatic N) is 3. The largest absolute Gasteiger partial charge is 0.405 e. The predicted octanol–water partition coefficient (Wildman–Crippen LogP) is 2.30. The van der Waals surface area contributed by atoms with Crippen LogP contribution in [0.25, 0.3) is 22.0 Å². The maximum absolute atomic E-state index is 8.26. The van der Waals surface area contributed by atoms with E-state index in [1.807, 2.05) is 24.5 Å². The lowest BCUT2D eigenvalue weighted by atomic mass is 10.0. The molecule has 1 aliphatic rings. The van der Waals surface area contributed by atoms with Crippen LogP contribution in [0.15, 0.2) is 49.1 Å². The standard InChI is InChI=1S/C19H20N6O/c20-4-1-16(21)19-18-14(3-6-23-19)15(13-2-5-22-12-13)11-17(24-18)25-7-9-26-10-8-25/h1-6,11-12,21-22H,7-10,20H2. The average Bonchev–Trinajstić information content (AvgIpc) is 3.22. The SMILES string of the molecule is N=C(C=CN)c1nccc2c(-c3cc[nH]c3)cc(N3CCOCC3)nc12. The molecule has 0 amide bonds. The number of allylic oxidation sites excluding steroid dienone is 1. The van der Waals surface area contributed by atoms with Crippen LogP contribution in [0.2, 0.25) is 0 Å². The van der Waals surface area contributed by atoms with Crippen LogP contribution in [-0.4, -0.2) is 47.0 Å². The lowest BCUT2D eigenvalue weighted by molar-refractivity contribution is 0.122. The highest BCUT2D eigenvalue weighted by Crippen LogP contribution is 2.32. The summed E-state index contributed by atoms with van der Waals surface area (Å²) in [5.74, 6) is 0.871. The van der Waals surface area contributed by atoms with Crippen molar-refractivity contribution in [3.05, 3.63) is 54.8 Å². The molecular formula is C19H20N6O. The van der Waals surface area contributed by atoms with Gasteiger partial charge in [-0.2, -0.15) is 0 Å². The third kappa shape index (κ3) is 2.93. The van der Waals surface area contributed by atoms with Crippen LogP contribution in [0.3, 0.4) is 0 Å². The lowest BCUT2D eigenvalue weighted by Crippen LogP contribution is -2.36. The molecule has 7 heteroatoms. The first-order valence-corrected chi connectivity index (χ1v) is 8.51. The van der Waals surface area contributed by atoms with Gasteiger partial charge in [-0.3, -0.25) is 10.4 Å². The van der Waals surface area contributed by atoms with E-state index in [-0.39, 0.29) is 5.71 Å². The normalized spacial score (nSPS) is 15.0. The van der Waals surface area contributed by atoms with Gasteiger partial charge in [0.25, 0.3) is 0 Å². The van der Waals surface area contributed by atoms with Crippen molar-refractivity contribution in [1.82, 2.24) is 15.0 Å². The third-order valence-electron chi connectivity index (χ3n) is 4.48. The average molecular weight is 348 g/mol. The van der Waals surface area contributed by atoms with Crippen molar-refractivity contribution in [2.24, 2.45) is 5.73 Å². The Morgan fingerprint density at radius 1 is 1.31 bits per heavy atom. The minimum absolute atomic E-state index is 0.241. The number of anilines is 1. The van der Waals surface area contributed by atoms with E-state index in [9.17, 15) is 0 Å². The highest BCUT2D eigenvalue weighted by molar-refractivity contribution is 6.14. The first-order valence-electron chi connectivity index (χ1n) is 8.51. The maximum atomic E-state index is 8.26. The molecule has 0 saturated carbocycles. The van der Waals surface area contributed by atoms with Gasteiger partial charge in [-0.25, -0.2) is 4.98 Å². The van der Waals surface area contributed by atoms with Gasteiger partial charge < -0.3 is 20.4 Å². The molecule has 0 spiro atoms. The van der Waals surface area contributed by atoms with Gasteiger partial charge in [-0.1, -0.05) is 0 Å². The molecule has 132 valence electrons. The van der Waals surface area contributed by atoms with Crippen molar-refractivity contribution in [3.8, 4) is 11.1 Å². The minimum atomic E-state index is 0.241. The van der Waals surface area contributed by atoms with E-state index >= 15 is 0 Å². The molecule has 0 aliphatic carbocycles. The molecule has 4 rings (SSSR count). The topological polar surface area (TPSA) is 104 Å². The number of nitrogens with one attached hydrogen (secondary N) is 2. The Kier molecular flexibility index (Phi) is 4.37. The Balaban J connectivity index is 1.95. The highest BCUT2D eigenvalue weighted by Gasteiger charge is 2.18. The van der Waals surface area contributed by atoms with Crippen LogP contribution >= 0.6 is 0 Å². The number of H-pyrrole nitrogens is 1. The van der Waals surface area contributed by atoms with Crippen LogP contribution in [0.1, 0.15) is 5.69 Å². The summed E-state index contributed by atoms with van der Waals surface area (Å²) in [5.41, 5.74) is 9.07. The molecule has 1 fully saturated rings. The monoisotopic (exact) mass is 348 g/mol. The molecule has 7 nitrogen and oxygen atoms in total. The molecule has 1 saturated heterocycles. The van der Waals surface area contributed by atoms with Crippen LogP contribution in [0.4, 0.5) is 5.82 Å².